The SMILES string of the molecule is CCNCc1c(F)cccc1Sc1cc(C)cc(C)n1. The molecule has 1 heterocycles. The van der Waals surface area contributed by atoms with Crippen LogP contribution in [-0.2, 0) is 6.54 Å². The second-order valence-electron chi connectivity index (χ2n) is 4.72. The van der Waals surface area contributed by atoms with Crippen LogP contribution in [0, 0.1) is 19.7 Å². The van der Waals surface area contributed by atoms with E-state index in [0.29, 0.717) is 12.1 Å². The first-order valence-electron chi connectivity index (χ1n) is 6.71. The molecule has 2 nitrogen and oxygen atoms in total. The van der Waals surface area contributed by atoms with E-state index in [4.69, 9.17) is 0 Å². The van der Waals surface area contributed by atoms with Gasteiger partial charge in [0.1, 0.15) is 10.8 Å². The fourth-order valence-electron chi connectivity index (χ4n) is 2.03. The molecule has 1 aromatic carbocycles. The molecule has 0 aliphatic heterocycles. The Balaban J connectivity index is 2.30. The Morgan fingerprint density at radius 1 is 1.25 bits per heavy atom. The molecule has 2 aromatic rings. The Bertz CT molecular complexity index is 579. The zero-order valence-electron chi connectivity index (χ0n) is 12.0. The molecule has 4 heteroatoms. The number of rotatable bonds is 5. The molecular weight excluding hydrogens is 271 g/mol. The standard InChI is InChI=1S/C16H19FN2S/c1-4-18-10-13-14(17)6-5-7-15(13)20-16-9-11(2)8-12(3)19-16/h5-9,18H,4,10H2,1-3H3. The van der Waals surface area contributed by atoms with Crippen LogP contribution in [0.3, 0.4) is 0 Å². The van der Waals surface area contributed by atoms with Gasteiger partial charge >= 0.3 is 0 Å². The summed E-state index contributed by atoms with van der Waals surface area (Å²) >= 11 is 1.52. The third kappa shape index (κ3) is 3.81. The predicted octanol–water partition coefficient (Wildman–Crippen LogP) is 4.10. The maximum Gasteiger partial charge on any atom is 0.128 e. The van der Waals surface area contributed by atoms with Gasteiger partial charge in [0.05, 0.1) is 0 Å². The number of nitrogens with one attached hydrogen (secondary N) is 1. The van der Waals surface area contributed by atoms with Crippen LogP contribution < -0.4 is 5.32 Å². The first-order chi connectivity index (χ1) is 9.60. The number of hydrogen-bond donors (Lipinski definition) is 1. The van der Waals surface area contributed by atoms with Gasteiger partial charge in [-0.25, -0.2) is 9.37 Å². The molecule has 1 N–H and O–H groups in total. The zero-order chi connectivity index (χ0) is 14.5. The predicted molar refractivity (Wildman–Crippen MR) is 81.6 cm³/mol. The van der Waals surface area contributed by atoms with Crippen molar-refractivity contribution in [1.82, 2.24) is 10.3 Å². The molecule has 1 aromatic heterocycles. The maximum absolute atomic E-state index is 14.0. The number of benzene rings is 1. The molecule has 0 unspecified atom stereocenters. The normalized spacial score (nSPS) is 10.8. The number of halogens is 1. The number of pyridine rings is 1. The van der Waals surface area contributed by atoms with E-state index < -0.39 is 0 Å². The van der Waals surface area contributed by atoms with Gasteiger partial charge in [0.15, 0.2) is 0 Å². The molecule has 0 saturated carbocycles. The van der Waals surface area contributed by atoms with Crippen LogP contribution in [0.15, 0.2) is 40.3 Å². The van der Waals surface area contributed by atoms with Crippen molar-refractivity contribution < 1.29 is 4.39 Å². The van der Waals surface area contributed by atoms with E-state index in [1.54, 1.807) is 6.07 Å². The summed E-state index contributed by atoms with van der Waals surface area (Å²) in [6.45, 7) is 7.39. The van der Waals surface area contributed by atoms with Crippen LogP contribution in [-0.4, -0.2) is 11.5 Å². The highest BCUT2D eigenvalue weighted by molar-refractivity contribution is 7.99. The average Bonchev–Trinajstić information content (AvgIpc) is 2.37. The molecule has 20 heavy (non-hydrogen) atoms. The molecule has 2 rings (SSSR count). The van der Waals surface area contributed by atoms with E-state index in [0.717, 1.165) is 22.2 Å². The fraction of sp³-hybridized carbons (Fsp3) is 0.312. The van der Waals surface area contributed by atoms with Gasteiger partial charge < -0.3 is 5.32 Å². The van der Waals surface area contributed by atoms with Crippen molar-refractivity contribution in [2.24, 2.45) is 0 Å². The van der Waals surface area contributed by atoms with Crippen LogP contribution in [0.4, 0.5) is 4.39 Å². The van der Waals surface area contributed by atoms with E-state index >= 15 is 0 Å². The Morgan fingerprint density at radius 3 is 2.75 bits per heavy atom. The molecule has 0 spiro atoms. The summed E-state index contributed by atoms with van der Waals surface area (Å²) in [7, 11) is 0. The molecule has 0 aliphatic carbocycles. The van der Waals surface area contributed by atoms with Gasteiger partial charge in [-0.2, -0.15) is 0 Å². The lowest BCUT2D eigenvalue weighted by Gasteiger charge is -2.11. The summed E-state index contributed by atoms with van der Waals surface area (Å²) < 4.78 is 14.0. The monoisotopic (exact) mass is 290 g/mol. The second-order valence-corrected chi connectivity index (χ2v) is 5.79. The third-order valence-corrected chi connectivity index (χ3v) is 3.94. The lowest BCUT2D eigenvalue weighted by Crippen LogP contribution is -2.13. The summed E-state index contributed by atoms with van der Waals surface area (Å²) in [5.41, 5.74) is 2.86. The fourth-order valence-corrected chi connectivity index (χ4v) is 3.12. The number of nitrogens with zero attached hydrogens (tertiary/aromatic N) is 1. The van der Waals surface area contributed by atoms with Crippen molar-refractivity contribution >= 4 is 11.8 Å². The number of aromatic nitrogens is 1. The van der Waals surface area contributed by atoms with E-state index in [-0.39, 0.29) is 5.82 Å². The third-order valence-electron chi connectivity index (χ3n) is 2.92. The van der Waals surface area contributed by atoms with Crippen molar-refractivity contribution in [2.75, 3.05) is 6.54 Å². The largest absolute Gasteiger partial charge is 0.313 e. The Morgan fingerprint density at radius 2 is 2.05 bits per heavy atom. The van der Waals surface area contributed by atoms with Crippen LogP contribution in [0.1, 0.15) is 23.7 Å². The quantitative estimate of drug-likeness (QED) is 0.897. The van der Waals surface area contributed by atoms with Crippen molar-refractivity contribution in [3.63, 3.8) is 0 Å². The molecular formula is C16H19FN2S. The molecule has 0 bridgehead atoms. The minimum atomic E-state index is -0.166. The molecule has 0 atom stereocenters. The van der Waals surface area contributed by atoms with Crippen molar-refractivity contribution in [3.8, 4) is 0 Å². The Kier molecular flexibility index (Phi) is 5.15. The van der Waals surface area contributed by atoms with Gasteiger partial charge in [-0.1, -0.05) is 24.8 Å². The van der Waals surface area contributed by atoms with Crippen LogP contribution >= 0.6 is 11.8 Å². The highest BCUT2D eigenvalue weighted by atomic mass is 32.2. The average molecular weight is 290 g/mol. The minimum absolute atomic E-state index is 0.166. The minimum Gasteiger partial charge on any atom is -0.313 e. The van der Waals surface area contributed by atoms with E-state index in [1.807, 2.05) is 39.0 Å². The van der Waals surface area contributed by atoms with E-state index in [2.05, 4.69) is 10.3 Å². The zero-order valence-corrected chi connectivity index (χ0v) is 12.9. The molecule has 106 valence electrons. The molecule has 0 radical (unpaired) electrons. The second kappa shape index (κ2) is 6.86. The molecule has 0 fully saturated rings. The van der Waals surface area contributed by atoms with Gasteiger partial charge in [-0.3, -0.25) is 0 Å². The topological polar surface area (TPSA) is 24.9 Å². The summed E-state index contributed by atoms with van der Waals surface area (Å²) in [6, 6.07) is 9.26. The van der Waals surface area contributed by atoms with Gasteiger partial charge in [0.25, 0.3) is 0 Å². The highest BCUT2D eigenvalue weighted by Gasteiger charge is 2.10. The number of aryl methyl sites for hydroxylation is 2. The first kappa shape index (κ1) is 15.0. The Hall–Kier alpha value is -1.39. The molecule has 0 amide bonds. The van der Waals surface area contributed by atoms with Gasteiger partial charge in [0, 0.05) is 22.7 Å². The maximum atomic E-state index is 14.0. The molecule has 0 aliphatic rings. The lowest BCUT2D eigenvalue weighted by molar-refractivity contribution is 0.585. The summed E-state index contributed by atoms with van der Waals surface area (Å²) in [5, 5.41) is 4.09. The van der Waals surface area contributed by atoms with Crippen LogP contribution in [0.2, 0.25) is 0 Å². The summed E-state index contributed by atoms with van der Waals surface area (Å²) in [5.74, 6) is -0.166. The number of hydrogen-bond acceptors (Lipinski definition) is 3. The molecule has 0 saturated heterocycles. The Labute approximate surface area is 123 Å². The van der Waals surface area contributed by atoms with Crippen LogP contribution in [0.5, 0.6) is 0 Å². The van der Waals surface area contributed by atoms with Gasteiger partial charge in [0.2, 0.25) is 0 Å². The van der Waals surface area contributed by atoms with Crippen molar-refractivity contribution in [2.45, 2.75) is 37.2 Å². The smallest absolute Gasteiger partial charge is 0.128 e. The lowest BCUT2D eigenvalue weighted by atomic mass is 10.2. The summed E-state index contributed by atoms with van der Waals surface area (Å²) in [6.07, 6.45) is 0. The van der Waals surface area contributed by atoms with E-state index in [1.165, 1.54) is 23.4 Å². The van der Waals surface area contributed by atoms with Gasteiger partial charge in [-0.15, -0.1) is 0 Å². The summed E-state index contributed by atoms with van der Waals surface area (Å²) in [4.78, 5) is 5.42. The first-order valence-corrected chi connectivity index (χ1v) is 7.53. The van der Waals surface area contributed by atoms with E-state index in [9.17, 15) is 4.39 Å². The highest BCUT2D eigenvalue weighted by Crippen LogP contribution is 2.31. The van der Waals surface area contributed by atoms with Crippen LogP contribution in [0.25, 0.3) is 0 Å². The van der Waals surface area contributed by atoms with Gasteiger partial charge in [-0.05, 0) is 50.2 Å². The van der Waals surface area contributed by atoms with Crippen molar-refractivity contribution in [3.05, 3.63) is 53.0 Å². The van der Waals surface area contributed by atoms with Crippen molar-refractivity contribution in [1.29, 1.82) is 0 Å².